The van der Waals surface area contributed by atoms with Gasteiger partial charge in [-0.1, -0.05) is 45.8 Å². The number of para-hydroxylation sites is 1. The monoisotopic (exact) mass is 595 g/mol. The summed E-state index contributed by atoms with van der Waals surface area (Å²) >= 11 is 3.44. The molecule has 1 aliphatic carbocycles. The van der Waals surface area contributed by atoms with Crippen LogP contribution >= 0.6 is 15.9 Å². The Bertz CT molecular complexity index is 1350. The number of nitrogens with zero attached hydrogens (tertiary/aromatic N) is 1. The maximum atomic E-state index is 13.3. The van der Waals surface area contributed by atoms with Crippen molar-refractivity contribution in [3.8, 4) is 11.5 Å². The third kappa shape index (κ3) is 5.38. The molecule has 4 atom stereocenters. The highest BCUT2D eigenvalue weighted by atomic mass is 79.9. The molecule has 0 bridgehead atoms. The Morgan fingerprint density at radius 3 is 2.67 bits per heavy atom. The number of ether oxygens (including phenoxy) is 3. The first-order valence-electron chi connectivity index (χ1n) is 12.9. The molecule has 9 heteroatoms. The fourth-order valence-corrected chi connectivity index (χ4v) is 6.28. The molecular formula is C30H30BrNO7. The molecule has 2 aliphatic heterocycles. The lowest BCUT2D eigenvalue weighted by Gasteiger charge is -2.31. The number of halogens is 1. The van der Waals surface area contributed by atoms with Crippen LogP contribution in [0.5, 0.6) is 11.5 Å². The van der Waals surface area contributed by atoms with Crippen LogP contribution in [0.15, 0.2) is 69.7 Å². The van der Waals surface area contributed by atoms with E-state index in [1.54, 1.807) is 12.1 Å². The van der Waals surface area contributed by atoms with Gasteiger partial charge in [-0.3, -0.25) is 9.59 Å². The molecule has 2 heterocycles. The van der Waals surface area contributed by atoms with E-state index in [2.05, 4.69) is 15.9 Å². The predicted molar refractivity (Wildman–Crippen MR) is 147 cm³/mol. The van der Waals surface area contributed by atoms with Crippen LogP contribution in [0.3, 0.4) is 0 Å². The van der Waals surface area contributed by atoms with E-state index in [0.717, 1.165) is 33.9 Å². The van der Waals surface area contributed by atoms with Crippen LogP contribution < -0.4 is 4.74 Å². The minimum Gasteiger partial charge on any atom is -0.507 e. The largest absolute Gasteiger partial charge is 0.507 e. The molecule has 2 fully saturated rings. The summed E-state index contributed by atoms with van der Waals surface area (Å²) in [5.41, 5.74) is 3.72. The van der Waals surface area contributed by atoms with Gasteiger partial charge in [-0.15, -0.1) is 0 Å². The van der Waals surface area contributed by atoms with Crippen molar-refractivity contribution in [3.05, 3.63) is 75.3 Å². The summed E-state index contributed by atoms with van der Waals surface area (Å²) in [4.78, 5) is 39.3. The molecule has 2 aromatic rings. The van der Waals surface area contributed by atoms with Crippen LogP contribution in [-0.2, 0) is 19.1 Å². The van der Waals surface area contributed by atoms with Crippen molar-refractivity contribution < 1.29 is 33.7 Å². The second-order valence-electron chi connectivity index (χ2n) is 10.1. The Balaban J connectivity index is 1.40. The zero-order valence-corrected chi connectivity index (χ0v) is 23.3. The summed E-state index contributed by atoms with van der Waals surface area (Å²) in [6.07, 6.45) is 2.44. The first-order valence-corrected chi connectivity index (χ1v) is 13.7. The van der Waals surface area contributed by atoms with E-state index in [-0.39, 0.29) is 24.4 Å². The number of rotatable bonds is 7. The van der Waals surface area contributed by atoms with Crippen LogP contribution in [-0.4, -0.2) is 54.3 Å². The number of amides is 3. The molecule has 5 rings (SSSR count). The first kappa shape index (κ1) is 27.1. The lowest BCUT2D eigenvalue weighted by Crippen LogP contribution is -2.38. The summed E-state index contributed by atoms with van der Waals surface area (Å²) in [5.74, 6) is -1.76. The van der Waals surface area contributed by atoms with E-state index < -0.39 is 29.7 Å². The Morgan fingerprint density at radius 2 is 1.92 bits per heavy atom. The van der Waals surface area contributed by atoms with E-state index in [1.807, 2.05) is 49.4 Å². The molecule has 8 nitrogen and oxygen atoms in total. The summed E-state index contributed by atoms with van der Waals surface area (Å²) in [5, 5.41) is 10.2. The number of hydrogen-bond acceptors (Lipinski definition) is 7. The second-order valence-corrected chi connectivity index (χ2v) is 11.1. The van der Waals surface area contributed by atoms with Gasteiger partial charge in [-0.2, -0.15) is 4.90 Å². The maximum Gasteiger partial charge on any atom is 0.423 e. The molecule has 3 aliphatic rings. The number of carbonyl (C=O) groups excluding carboxylic acids is 3. The Kier molecular flexibility index (Phi) is 7.91. The Labute approximate surface area is 235 Å². The predicted octanol–water partition coefficient (Wildman–Crippen LogP) is 5.50. The number of carbonyl (C=O) groups is 3. The number of phenols is 1. The molecule has 0 unspecified atom stereocenters. The van der Waals surface area contributed by atoms with Crippen molar-refractivity contribution in [3.63, 3.8) is 0 Å². The lowest BCUT2D eigenvalue weighted by molar-refractivity contribution is -0.137. The zero-order chi connectivity index (χ0) is 27.7. The third-order valence-corrected chi connectivity index (χ3v) is 8.21. The Hall–Kier alpha value is -3.43. The van der Waals surface area contributed by atoms with Gasteiger partial charge < -0.3 is 19.3 Å². The number of fused-ring (bicyclic) bond motifs is 3. The van der Waals surface area contributed by atoms with Crippen molar-refractivity contribution in [2.24, 2.45) is 17.8 Å². The normalized spacial score (nSPS) is 24.6. The summed E-state index contributed by atoms with van der Waals surface area (Å²) in [7, 11) is 1.16. The van der Waals surface area contributed by atoms with Gasteiger partial charge in [0.05, 0.1) is 31.7 Å². The number of allylic oxidation sites excluding steroid dienone is 1. The van der Waals surface area contributed by atoms with Gasteiger partial charge in [0.2, 0.25) is 11.8 Å². The SMILES string of the molecule is COC(=O)N1C(=O)[C@@H]2[C@@H](CC(COc3ccccc3)=C3[C@@H](CC/C(C)=C/c4cc(Br)ccc4O)OC[C@@H]32)C1=O. The second kappa shape index (κ2) is 11.4. The van der Waals surface area contributed by atoms with Crippen molar-refractivity contribution in [2.75, 3.05) is 20.3 Å². The standard InChI is InChI=1S/C30H30BrNO7/c1-17(12-18-13-20(31)9-10-24(18)33)8-11-25-26-19(15-38-21-6-4-3-5-7-21)14-22-27(23(26)16-39-25)29(35)32(28(22)34)30(36)37-2/h3-7,9-10,12-13,22-23,25,27,33H,8,11,14-16H2,1-2H3/b17-12+/t22-,23+,25-,27-/m1/s1. The average molecular weight is 596 g/mol. The van der Waals surface area contributed by atoms with Gasteiger partial charge in [0.15, 0.2) is 0 Å². The van der Waals surface area contributed by atoms with Gasteiger partial charge >= 0.3 is 6.09 Å². The van der Waals surface area contributed by atoms with Crippen molar-refractivity contribution in [1.82, 2.24) is 4.90 Å². The van der Waals surface area contributed by atoms with Crippen molar-refractivity contribution in [1.29, 1.82) is 0 Å². The van der Waals surface area contributed by atoms with Crippen LogP contribution in [0.2, 0.25) is 0 Å². The van der Waals surface area contributed by atoms with E-state index in [9.17, 15) is 19.5 Å². The highest BCUT2D eigenvalue weighted by molar-refractivity contribution is 9.10. The number of phenolic OH excluding ortho intramolecular Hbond substituents is 1. The van der Waals surface area contributed by atoms with E-state index in [4.69, 9.17) is 14.2 Å². The van der Waals surface area contributed by atoms with Gasteiger partial charge in [-0.25, -0.2) is 4.79 Å². The van der Waals surface area contributed by atoms with Crippen LogP contribution in [0, 0.1) is 17.8 Å². The number of aromatic hydroxyl groups is 1. The molecule has 39 heavy (non-hydrogen) atoms. The molecule has 1 N–H and O–H groups in total. The Morgan fingerprint density at radius 1 is 1.15 bits per heavy atom. The molecular weight excluding hydrogens is 566 g/mol. The number of methoxy groups -OCH3 is 1. The summed E-state index contributed by atoms with van der Waals surface area (Å²) in [6.45, 7) is 2.56. The van der Waals surface area contributed by atoms with Crippen LogP contribution in [0.4, 0.5) is 4.79 Å². The number of hydrogen-bond donors (Lipinski definition) is 1. The fraction of sp³-hybridized carbons (Fsp3) is 0.367. The van der Waals surface area contributed by atoms with Gasteiger partial charge in [0.1, 0.15) is 18.1 Å². The summed E-state index contributed by atoms with van der Waals surface area (Å²) in [6, 6.07) is 14.7. The minimum atomic E-state index is -0.949. The van der Waals surface area contributed by atoms with E-state index in [0.29, 0.717) is 36.5 Å². The third-order valence-electron chi connectivity index (χ3n) is 7.71. The summed E-state index contributed by atoms with van der Waals surface area (Å²) < 4.78 is 17.9. The fourth-order valence-electron chi connectivity index (χ4n) is 5.90. The zero-order valence-electron chi connectivity index (χ0n) is 21.8. The molecule has 204 valence electrons. The maximum absolute atomic E-state index is 13.3. The molecule has 0 saturated carbocycles. The van der Waals surface area contributed by atoms with Crippen molar-refractivity contribution in [2.45, 2.75) is 32.3 Å². The molecule has 2 aromatic carbocycles. The van der Waals surface area contributed by atoms with Gasteiger partial charge in [0.25, 0.3) is 0 Å². The van der Waals surface area contributed by atoms with Crippen molar-refractivity contribution >= 4 is 39.9 Å². The van der Waals surface area contributed by atoms with Gasteiger partial charge in [-0.05, 0) is 67.7 Å². The number of imide groups is 3. The smallest absolute Gasteiger partial charge is 0.423 e. The molecule has 0 radical (unpaired) electrons. The number of benzene rings is 2. The van der Waals surface area contributed by atoms with E-state index in [1.165, 1.54) is 0 Å². The van der Waals surface area contributed by atoms with Gasteiger partial charge in [0, 0.05) is 16.0 Å². The molecule has 0 aromatic heterocycles. The highest BCUT2D eigenvalue weighted by Crippen LogP contribution is 2.50. The van der Waals surface area contributed by atoms with E-state index >= 15 is 0 Å². The molecule has 2 saturated heterocycles. The highest BCUT2D eigenvalue weighted by Gasteiger charge is 2.59. The first-order chi connectivity index (χ1) is 18.8. The quantitative estimate of drug-likeness (QED) is 0.333. The molecule has 3 amide bonds. The number of likely N-dealkylation sites (tertiary alicyclic amines) is 1. The molecule has 0 spiro atoms. The topological polar surface area (TPSA) is 102 Å². The van der Waals surface area contributed by atoms with Crippen LogP contribution in [0.25, 0.3) is 6.08 Å². The lowest BCUT2D eigenvalue weighted by atomic mass is 9.69. The minimum absolute atomic E-state index is 0.204. The average Bonchev–Trinajstić information content (AvgIpc) is 3.46. The van der Waals surface area contributed by atoms with Crippen LogP contribution in [0.1, 0.15) is 31.7 Å².